The summed E-state index contributed by atoms with van der Waals surface area (Å²) in [6.07, 6.45) is 3.75. The summed E-state index contributed by atoms with van der Waals surface area (Å²) in [6, 6.07) is 3.63. The van der Waals surface area contributed by atoms with Crippen LogP contribution in [0.4, 0.5) is 0 Å². The lowest BCUT2D eigenvalue weighted by Crippen LogP contribution is -1.79. The first-order valence-corrected chi connectivity index (χ1v) is 4.22. The number of rotatable bonds is 0. The molecule has 0 spiro atoms. The summed E-state index contributed by atoms with van der Waals surface area (Å²) < 4.78 is 2.72. The van der Waals surface area contributed by atoms with Gasteiger partial charge in [0.15, 0.2) is 0 Å². The fourth-order valence-electron chi connectivity index (χ4n) is 0.926. The molecule has 0 saturated heterocycles. The molecule has 11 heavy (non-hydrogen) atoms. The fourth-order valence-corrected chi connectivity index (χ4v) is 1.48. The van der Waals surface area contributed by atoms with Crippen LogP contribution in [0.1, 0.15) is 0 Å². The zero-order valence-corrected chi connectivity index (χ0v) is 7.80. The first kappa shape index (κ1) is 7.13. The molecule has 2 heterocycles. The molecular weight excluding hydrogens is 227 g/mol. The summed E-state index contributed by atoms with van der Waals surface area (Å²) in [6.45, 7) is 0. The highest BCUT2D eigenvalue weighted by atomic mass is 79.9. The van der Waals surface area contributed by atoms with Crippen molar-refractivity contribution in [3.05, 3.63) is 34.2 Å². The third kappa shape index (κ3) is 1.26. The van der Waals surface area contributed by atoms with Crippen LogP contribution in [0.3, 0.4) is 0 Å². The Morgan fingerprint density at radius 2 is 2.36 bits per heavy atom. The van der Waals surface area contributed by atoms with E-state index in [-0.39, 0.29) is 0 Å². The Bertz CT molecular complexity index is 396. The van der Waals surface area contributed by atoms with E-state index < -0.39 is 0 Å². The summed E-state index contributed by atoms with van der Waals surface area (Å²) in [7, 11) is 0. The van der Waals surface area contributed by atoms with Crippen LogP contribution >= 0.6 is 27.5 Å². The van der Waals surface area contributed by atoms with Crippen LogP contribution in [-0.2, 0) is 0 Å². The second-order valence-corrected chi connectivity index (χ2v) is 3.42. The van der Waals surface area contributed by atoms with E-state index in [9.17, 15) is 0 Å². The fraction of sp³-hybridized carbons (Fsp3) is 0. The van der Waals surface area contributed by atoms with Crippen LogP contribution in [0.2, 0.25) is 5.02 Å². The van der Waals surface area contributed by atoms with Gasteiger partial charge in [0.1, 0.15) is 10.3 Å². The van der Waals surface area contributed by atoms with Crippen molar-refractivity contribution in [2.24, 2.45) is 0 Å². The van der Waals surface area contributed by atoms with Gasteiger partial charge >= 0.3 is 0 Å². The number of imidazole rings is 1. The molecule has 56 valence electrons. The van der Waals surface area contributed by atoms with Gasteiger partial charge in [-0.3, -0.25) is 0 Å². The molecule has 0 radical (unpaired) electrons. The maximum Gasteiger partial charge on any atom is 0.139 e. The highest BCUT2D eigenvalue weighted by Gasteiger charge is 1.97. The quantitative estimate of drug-likeness (QED) is 0.681. The van der Waals surface area contributed by atoms with Gasteiger partial charge in [-0.1, -0.05) is 11.6 Å². The van der Waals surface area contributed by atoms with E-state index in [1.54, 1.807) is 0 Å². The van der Waals surface area contributed by atoms with E-state index in [1.807, 2.05) is 28.9 Å². The maximum absolute atomic E-state index is 5.76. The van der Waals surface area contributed by atoms with Crippen LogP contribution in [0, 0.1) is 0 Å². The predicted molar refractivity (Wildman–Crippen MR) is 47.9 cm³/mol. The second kappa shape index (κ2) is 2.50. The Balaban J connectivity index is 2.82. The Kier molecular flexibility index (Phi) is 1.62. The Labute approximate surface area is 76.9 Å². The van der Waals surface area contributed by atoms with Gasteiger partial charge in [-0.05, 0) is 22.0 Å². The molecule has 0 fully saturated rings. The standard InChI is InChI=1S/C7H4BrClN2/c8-6-4-11-2-1-5(9)3-7(11)10-6/h1-4H. The number of nitrogens with zero attached hydrogens (tertiary/aromatic N) is 2. The summed E-state index contributed by atoms with van der Waals surface area (Å²) >= 11 is 9.03. The van der Waals surface area contributed by atoms with Crippen LogP contribution in [-0.4, -0.2) is 9.38 Å². The van der Waals surface area contributed by atoms with Crippen LogP contribution in [0.15, 0.2) is 29.1 Å². The number of hydrogen-bond acceptors (Lipinski definition) is 1. The smallest absolute Gasteiger partial charge is 0.139 e. The topological polar surface area (TPSA) is 17.3 Å². The second-order valence-electron chi connectivity index (χ2n) is 2.17. The lowest BCUT2D eigenvalue weighted by Gasteiger charge is -1.90. The van der Waals surface area contributed by atoms with Crippen molar-refractivity contribution in [2.45, 2.75) is 0 Å². The molecule has 0 aliphatic rings. The number of halogens is 2. The summed E-state index contributed by atoms with van der Waals surface area (Å²) in [5, 5.41) is 0.704. The molecule has 0 saturated carbocycles. The van der Waals surface area contributed by atoms with Crippen LogP contribution in [0.5, 0.6) is 0 Å². The number of fused-ring (bicyclic) bond motifs is 1. The summed E-state index contributed by atoms with van der Waals surface area (Å²) in [4.78, 5) is 4.17. The molecular formula is C7H4BrClN2. The third-order valence-corrected chi connectivity index (χ3v) is 2.01. The molecule has 0 bridgehead atoms. The number of hydrogen-bond donors (Lipinski definition) is 0. The molecule has 2 nitrogen and oxygen atoms in total. The van der Waals surface area contributed by atoms with Crippen molar-refractivity contribution in [1.82, 2.24) is 9.38 Å². The highest BCUT2D eigenvalue weighted by molar-refractivity contribution is 9.10. The van der Waals surface area contributed by atoms with Gasteiger partial charge in [0, 0.05) is 23.5 Å². The molecule has 2 aromatic heterocycles. The molecule has 0 amide bonds. The van der Waals surface area contributed by atoms with E-state index in [2.05, 4.69) is 20.9 Å². The molecule has 0 aliphatic carbocycles. The first-order chi connectivity index (χ1) is 5.25. The molecule has 0 atom stereocenters. The predicted octanol–water partition coefficient (Wildman–Crippen LogP) is 2.75. The monoisotopic (exact) mass is 230 g/mol. The minimum Gasteiger partial charge on any atom is -0.306 e. The van der Waals surface area contributed by atoms with Crippen LogP contribution in [0.25, 0.3) is 5.65 Å². The lowest BCUT2D eigenvalue weighted by molar-refractivity contribution is 1.19. The molecule has 4 heteroatoms. The third-order valence-electron chi connectivity index (χ3n) is 1.39. The number of pyridine rings is 1. The van der Waals surface area contributed by atoms with Gasteiger partial charge in [0.25, 0.3) is 0 Å². The van der Waals surface area contributed by atoms with E-state index >= 15 is 0 Å². The van der Waals surface area contributed by atoms with Crippen molar-refractivity contribution >= 4 is 33.2 Å². The Hall–Kier alpha value is -0.540. The molecule has 2 rings (SSSR count). The minimum atomic E-state index is 0.704. The minimum absolute atomic E-state index is 0.704. The van der Waals surface area contributed by atoms with Gasteiger partial charge in [0.05, 0.1) is 0 Å². The van der Waals surface area contributed by atoms with Crippen molar-refractivity contribution in [2.75, 3.05) is 0 Å². The van der Waals surface area contributed by atoms with Crippen molar-refractivity contribution < 1.29 is 0 Å². The highest BCUT2D eigenvalue weighted by Crippen LogP contribution is 2.14. The van der Waals surface area contributed by atoms with Crippen molar-refractivity contribution in [1.29, 1.82) is 0 Å². The van der Waals surface area contributed by atoms with Gasteiger partial charge in [0.2, 0.25) is 0 Å². The zero-order valence-electron chi connectivity index (χ0n) is 5.46. The normalized spacial score (nSPS) is 10.7. The summed E-state index contributed by atoms with van der Waals surface area (Å²) in [5.74, 6) is 0. The molecule has 0 aromatic carbocycles. The van der Waals surface area contributed by atoms with Gasteiger partial charge < -0.3 is 4.40 Å². The molecule has 0 unspecified atom stereocenters. The van der Waals surface area contributed by atoms with E-state index in [4.69, 9.17) is 11.6 Å². The van der Waals surface area contributed by atoms with E-state index in [0.717, 1.165) is 10.3 Å². The molecule has 0 aliphatic heterocycles. The average molecular weight is 231 g/mol. The molecule has 0 N–H and O–H groups in total. The van der Waals surface area contributed by atoms with Crippen molar-refractivity contribution in [3.8, 4) is 0 Å². The summed E-state index contributed by atoms with van der Waals surface area (Å²) in [5.41, 5.74) is 0.851. The van der Waals surface area contributed by atoms with E-state index in [0.29, 0.717) is 5.02 Å². The SMILES string of the molecule is Clc1ccn2cc(Br)nc2c1. The van der Waals surface area contributed by atoms with E-state index in [1.165, 1.54) is 0 Å². The van der Waals surface area contributed by atoms with Gasteiger partial charge in [-0.25, -0.2) is 4.98 Å². The first-order valence-electron chi connectivity index (χ1n) is 3.05. The van der Waals surface area contributed by atoms with Gasteiger partial charge in [-0.2, -0.15) is 0 Å². The average Bonchev–Trinajstić information content (AvgIpc) is 2.27. The Morgan fingerprint density at radius 1 is 1.55 bits per heavy atom. The largest absolute Gasteiger partial charge is 0.306 e. The van der Waals surface area contributed by atoms with Crippen molar-refractivity contribution in [3.63, 3.8) is 0 Å². The van der Waals surface area contributed by atoms with Gasteiger partial charge in [-0.15, -0.1) is 0 Å². The zero-order chi connectivity index (χ0) is 7.84. The maximum atomic E-state index is 5.76. The molecule has 2 aromatic rings. The number of aromatic nitrogens is 2. The lowest BCUT2D eigenvalue weighted by atomic mass is 10.5. The van der Waals surface area contributed by atoms with Crippen LogP contribution < -0.4 is 0 Å². The Morgan fingerprint density at radius 3 is 3.18 bits per heavy atom.